The van der Waals surface area contributed by atoms with Gasteiger partial charge in [-0.05, 0) is 54.6 Å². The minimum atomic E-state index is -4.45. The van der Waals surface area contributed by atoms with Crippen molar-refractivity contribution >= 4 is 34.6 Å². The Balaban J connectivity index is 1.23. The smallest absolute Gasteiger partial charge is 0.362 e. The van der Waals surface area contributed by atoms with Crippen molar-refractivity contribution in [2.45, 2.75) is 6.18 Å². The SMILES string of the molecule is O=C1Nc2cc(Nc3cccc(-c4nc(-c5cccc(C(F)(F)F)c5)n[nH]4)c3)ccc2C1=Cc1ccc[nH]1. The quantitative estimate of drug-likeness (QED) is 0.197. The number of benzene rings is 3. The summed E-state index contributed by atoms with van der Waals surface area (Å²) < 4.78 is 39.3. The number of hydrogen-bond donors (Lipinski definition) is 4. The predicted octanol–water partition coefficient (Wildman–Crippen LogP) is 6.72. The number of carbonyl (C=O) groups excluding carboxylic acids is 1. The van der Waals surface area contributed by atoms with E-state index < -0.39 is 11.7 Å². The first kappa shape index (κ1) is 23.3. The topological polar surface area (TPSA) is 98.5 Å². The maximum Gasteiger partial charge on any atom is 0.416 e. The molecule has 0 unspecified atom stereocenters. The van der Waals surface area contributed by atoms with E-state index in [0.29, 0.717) is 22.6 Å². The van der Waals surface area contributed by atoms with Crippen LogP contribution in [0.15, 0.2) is 85.1 Å². The van der Waals surface area contributed by atoms with Gasteiger partial charge in [-0.3, -0.25) is 9.89 Å². The van der Waals surface area contributed by atoms with Crippen molar-refractivity contribution < 1.29 is 18.0 Å². The van der Waals surface area contributed by atoms with Gasteiger partial charge in [0, 0.05) is 40.0 Å². The monoisotopic (exact) mass is 512 g/mol. The van der Waals surface area contributed by atoms with Crippen LogP contribution >= 0.6 is 0 Å². The third kappa shape index (κ3) is 4.55. The standard InChI is InChI=1S/C28H19F3N6O/c29-28(30,31)18-6-1-4-16(12-18)25-35-26(37-36-25)17-5-2-7-20(13-17)33-21-9-10-22-23(14-19-8-3-11-32-19)27(38)34-24(22)15-21/h1-15,32-33H,(H,34,38)(H,35,36,37). The van der Waals surface area contributed by atoms with Gasteiger partial charge in [-0.25, -0.2) is 4.98 Å². The van der Waals surface area contributed by atoms with Crippen LogP contribution in [0.2, 0.25) is 0 Å². The fourth-order valence-corrected chi connectivity index (χ4v) is 4.27. The number of H-pyrrole nitrogens is 2. The highest BCUT2D eigenvalue weighted by atomic mass is 19.4. The summed E-state index contributed by atoms with van der Waals surface area (Å²) in [6.07, 6.45) is -0.843. The van der Waals surface area contributed by atoms with Crippen molar-refractivity contribution in [1.29, 1.82) is 0 Å². The van der Waals surface area contributed by atoms with Crippen LogP contribution in [0.25, 0.3) is 34.4 Å². The van der Waals surface area contributed by atoms with E-state index in [9.17, 15) is 18.0 Å². The summed E-state index contributed by atoms with van der Waals surface area (Å²) >= 11 is 0. The van der Waals surface area contributed by atoms with E-state index in [1.165, 1.54) is 12.1 Å². The molecule has 3 heterocycles. The number of aromatic amines is 2. The molecule has 0 radical (unpaired) electrons. The zero-order valence-electron chi connectivity index (χ0n) is 19.6. The highest BCUT2D eigenvalue weighted by molar-refractivity contribution is 6.35. The Morgan fingerprint density at radius 3 is 2.50 bits per heavy atom. The molecule has 0 bridgehead atoms. The molecule has 188 valence electrons. The number of alkyl halides is 3. The van der Waals surface area contributed by atoms with Crippen molar-refractivity contribution in [2.75, 3.05) is 10.6 Å². The summed E-state index contributed by atoms with van der Waals surface area (Å²) in [5.74, 6) is 0.416. The summed E-state index contributed by atoms with van der Waals surface area (Å²) in [5.41, 5.74) is 4.67. The van der Waals surface area contributed by atoms with Crippen LogP contribution in [0.3, 0.4) is 0 Å². The molecule has 2 aromatic heterocycles. The van der Waals surface area contributed by atoms with E-state index in [-0.39, 0.29) is 17.3 Å². The lowest BCUT2D eigenvalue weighted by Gasteiger charge is -2.09. The number of nitrogens with one attached hydrogen (secondary N) is 4. The number of fused-ring (bicyclic) bond motifs is 1. The fourth-order valence-electron chi connectivity index (χ4n) is 4.27. The predicted molar refractivity (Wildman–Crippen MR) is 139 cm³/mol. The van der Waals surface area contributed by atoms with Crippen LogP contribution in [-0.2, 0) is 11.0 Å². The lowest BCUT2D eigenvalue weighted by Crippen LogP contribution is -2.04. The van der Waals surface area contributed by atoms with Gasteiger partial charge in [-0.15, -0.1) is 0 Å². The van der Waals surface area contributed by atoms with Gasteiger partial charge >= 0.3 is 6.18 Å². The second-order valence-corrected chi connectivity index (χ2v) is 8.69. The molecule has 3 aromatic carbocycles. The van der Waals surface area contributed by atoms with E-state index in [0.717, 1.165) is 34.8 Å². The van der Waals surface area contributed by atoms with Gasteiger partial charge in [0.05, 0.1) is 16.8 Å². The number of anilines is 3. The third-order valence-corrected chi connectivity index (χ3v) is 6.08. The molecule has 5 aromatic rings. The molecule has 1 amide bonds. The molecule has 1 aliphatic heterocycles. The van der Waals surface area contributed by atoms with Gasteiger partial charge in [0.15, 0.2) is 11.6 Å². The van der Waals surface area contributed by atoms with E-state index >= 15 is 0 Å². The Bertz CT molecular complexity index is 1690. The maximum absolute atomic E-state index is 13.1. The van der Waals surface area contributed by atoms with Gasteiger partial charge in [0.2, 0.25) is 0 Å². The van der Waals surface area contributed by atoms with Gasteiger partial charge in [0.25, 0.3) is 5.91 Å². The van der Waals surface area contributed by atoms with Crippen molar-refractivity contribution in [3.05, 3.63) is 102 Å². The number of nitrogens with zero attached hydrogens (tertiary/aromatic N) is 2. The maximum atomic E-state index is 13.1. The molecule has 4 N–H and O–H groups in total. The zero-order chi connectivity index (χ0) is 26.3. The van der Waals surface area contributed by atoms with Gasteiger partial charge in [-0.2, -0.15) is 18.3 Å². The van der Waals surface area contributed by atoms with Crippen molar-refractivity contribution in [2.24, 2.45) is 0 Å². The molecule has 10 heteroatoms. The number of amides is 1. The fraction of sp³-hybridized carbons (Fsp3) is 0.0357. The van der Waals surface area contributed by atoms with Crippen LogP contribution < -0.4 is 10.6 Å². The van der Waals surface area contributed by atoms with Gasteiger partial charge in [0.1, 0.15) is 0 Å². The Labute approximate surface area is 214 Å². The van der Waals surface area contributed by atoms with Crippen LogP contribution in [0.1, 0.15) is 16.8 Å². The number of aromatic nitrogens is 4. The van der Waals surface area contributed by atoms with E-state index in [1.54, 1.807) is 6.20 Å². The van der Waals surface area contributed by atoms with Crippen molar-refractivity contribution in [3.8, 4) is 22.8 Å². The number of carbonyl (C=O) groups is 1. The molecule has 0 saturated heterocycles. The molecular weight excluding hydrogens is 493 g/mol. The zero-order valence-corrected chi connectivity index (χ0v) is 19.6. The van der Waals surface area contributed by atoms with Crippen LogP contribution in [-0.4, -0.2) is 26.1 Å². The highest BCUT2D eigenvalue weighted by Gasteiger charge is 2.30. The minimum Gasteiger partial charge on any atom is -0.362 e. The number of halogens is 3. The first-order chi connectivity index (χ1) is 18.3. The van der Waals surface area contributed by atoms with Crippen LogP contribution in [0.4, 0.5) is 30.2 Å². The summed E-state index contributed by atoms with van der Waals surface area (Å²) in [6.45, 7) is 0. The Hall–Kier alpha value is -5.12. The second-order valence-electron chi connectivity index (χ2n) is 8.69. The van der Waals surface area contributed by atoms with Gasteiger partial charge in [-0.1, -0.05) is 30.3 Å². The summed E-state index contributed by atoms with van der Waals surface area (Å²) in [7, 11) is 0. The Morgan fingerprint density at radius 2 is 1.68 bits per heavy atom. The van der Waals surface area contributed by atoms with E-state index in [2.05, 4.69) is 30.8 Å². The summed E-state index contributed by atoms with van der Waals surface area (Å²) in [5, 5.41) is 13.1. The van der Waals surface area contributed by atoms with Crippen molar-refractivity contribution in [3.63, 3.8) is 0 Å². The molecule has 1 aliphatic rings. The highest BCUT2D eigenvalue weighted by Crippen LogP contribution is 2.36. The normalized spacial score (nSPS) is 14.0. The van der Waals surface area contributed by atoms with Crippen LogP contribution in [0.5, 0.6) is 0 Å². The van der Waals surface area contributed by atoms with E-state index in [1.807, 2.05) is 60.7 Å². The number of hydrogen-bond acceptors (Lipinski definition) is 4. The average Bonchev–Trinajstić information content (AvgIpc) is 3.65. The molecule has 0 spiro atoms. The molecule has 0 fully saturated rings. The molecule has 7 nitrogen and oxygen atoms in total. The summed E-state index contributed by atoms with van der Waals surface area (Å²) in [4.78, 5) is 20.0. The first-order valence-electron chi connectivity index (χ1n) is 11.6. The molecule has 38 heavy (non-hydrogen) atoms. The molecule has 0 atom stereocenters. The first-order valence-corrected chi connectivity index (χ1v) is 11.6. The molecular formula is C28H19F3N6O. The second kappa shape index (κ2) is 9.07. The lowest BCUT2D eigenvalue weighted by molar-refractivity contribution is -0.137. The largest absolute Gasteiger partial charge is 0.416 e. The molecule has 0 saturated carbocycles. The van der Waals surface area contributed by atoms with Crippen molar-refractivity contribution in [1.82, 2.24) is 20.2 Å². The van der Waals surface area contributed by atoms with Gasteiger partial charge < -0.3 is 15.6 Å². The van der Waals surface area contributed by atoms with E-state index in [4.69, 9.17) is 0 Å². The molecule has 0 aliphatic carbocycles. The average molecular weight is 512 g/mol. The Morgan fingerprint density at radius 1 is 0.868 bits per heavy atom. The molecule has 6 rings (SSSR count). The van der Waals surface area contributed by atoms with Crippen LogP contribution in [0, 0.1) is 0 Å². The number of rotatable bonds is 5. The third-order valence-electron chi connectivity index (χ3n) is 6.08. The Kier molecular flexibility index (Phi) is 5.56. The summed E-state index contributed by atoms with van der Waals surface area (Å²) in [6, 6.07) is 21.6. The minimum absolute atomic E-state index is 0.169. The lowest BCUT2D eigenvalue weighted by atomic mass is 10.1.